The van der Waals surface area contributed by atoms with E-state index in [0.29, 0.717) is 24.7 Å². The van der Waals surface area contributed by atoms with Gasteiger partial charge >= 0.3 is 0 Å². The van der Waals surface area contributed by atoms with Crippen molar-refractivity contribution in [1.82, 2.24) is 19.6 Å². The van der Waals surface area contributed by atoms with E-state index in [-0.39, 0.29) is 29.9 Å². The van der Waals surface area contributed by atoms with Gasteiger partial charge < -0.3 is 18.7 Å². The molecule has 0 spiro atoms. The molecule has 1 amide bonds. The van der Waals surface area contributed by atoms with Crippen LogP contribution in [0.15, 0.2) is 41.2 Å². The van der Waals surface area contributed by atoms with E-state index in [2.05, 4.69) is 10.1 Å². The van der Waals surface area contributed by atoms with Crippen molar-refractivity contribution in [2.75, 3.05) is 13.1 Å². The fourth-order valence-corrected chi connectivity index (χ4v) is 3.98. The average Bonchev–Trinajstić information content (AvgIpc) is 3.41. The third kappa shape index (κ3) is 4.38. The maximum absolute atomic E-state index is 12.9. The third-order valence-corrected chi connectivity index (χ3v) is 5.67. The Bertz CT molecular complexity index is 1080. The smallest absolute Gasteiger partial charge is 0.276 e. The van der Waals surface area contributed by atoms with Crippen LogP contribution in [0.5, 0.6) is 5.75 Å². The number of para-hydroxylation sites is 1. The molecule has 0 aliphatic carbocycles. The average molecular weight is 422 g/mol. The second kappa shape index (κ2) is 8.75. The number of aromatic nitrogens is 3. The van der Waals surface area contributed by atoms with E-state index in [0.717, 1.165) is 29.7 Å². The quantitative estimate of drug-likeness (QED) is 0.566. The highest BCUT2D eigenvalue weighted by molar-refractivity contribution is 5.96. The minimum atomic E-state index is -0.266. The lowest BCUT2D eigenvalue weighted by Crippen LogP contribution is -2.42. The lowest BCUT2D eigenvalue weighted by atomic mass is 9.93. The number of benzene rings is 1. The zero-order valence-corrected chi connectivity index (χ0v) is 18.0. The zero-order chi connectivity index (χ0) is 22.0. The van der Waals surface area contributed by atoms with E-state index < -0.39 is 0 Å². The summed E-state index contributed by atoms with van der Waals surface area (Å²) in [5.74, 6) is 1.17. The summed E-state index contributed by atoms with van der Waals surface area (Å²) >= 11 is 0. The second-order valence-electron chi connectivity index (χ2n) is 8.00. The molecule has 1 atom stereocenters. The molecule has 4 rings (SSSR count). The normalized spacial score (nSPS) is 16.4. The Balaban J connectivity index is 1.40. The van der Waals surface area contributed by atoms with Gasteiger partial charge in [-0.3, -0.25) is 9.59 Å². The van der Waals surface area contributed by atoms with Crippen molar-refractivity contribution >= 4 is 11.7 Å². The Kier molecular flexibility index (Phi) is 5.88. The van der Waals surface area contributed by atoms with Gasteiger partial charge in [0.15, 0.2) is 17.3 Å². The summed E-state index contributed by atoms with van der Waals surface area (Å²) in [7, 11) is 1.80. The van der Waals surface area contributed by atoms with Gasteiger partial charge in [0, 0.05) is 44.5 Å². The summed E-state index contributed by atoms with van der Waals surface area (Å²) in [5, 5.41) is 3.93. The summed E-state index contributed by atoms with van der Waals surface area (Å²) in [6.45, 7) is 5.09. The lowest BCUT2D eigenvalue weighted by molar-refractivity contribution is 0.0624. The maximum atomic E-state index is 12.9. The Morgan fingerprint density at radius 1 is 1.26 bits per heavy atom. The second-order valence-corrected chi connectivity index (χ2v) is 8.00. The minimum absolute atomic E-state index is 0.0344. The topological polar surface area (TPSA) is 90.5 Å². The molecule has 2 aromatic heterocycles. The first-order valence-corrected chi connectivity index (χ1v) is 10.4. The number of ether oxygens (including phenoxy) is 1. The molecule has 1 saturated heterocycles. The number of piperidine rings is 1. The van der Waals surface area contributed by atoms with Gasteiger partial charge in [0.1, 0.15) is 12.4 Å². The molecule has 0 N–H and O–H groups in total. The number of amides is 1. The van der Waals surface area contributed by atoms with Crippen LogP contribution in [0.3, 0.4) is 0 Å². The summed E-state index contributed by atoms with van der Waals surface area (Å²) < 4.78 is 12.9. The largest absolute Gasteiger partial charge is 0.485 e. The maximum Gasteiger partial charge on any atom is 0.276 e. The van der Waals surface area contributed by atoms with E-state index in [1.165, 1.54) is 0 Å². The van der Waals surface area contributed by atoms with Crippen molar-refractivity contribution in [3.8, 4) is 5.75 Å². The predicted molar refractivity (Wildman–Crippen MR) is 113 cm³/mol. The van der Waals surface area contributed by atoms with E-state index >= 15 is 0 Å². The number of hydrogen-bond acceptors (Lipinski definition) is 6. The number of hydrogen-bond donors (Lipinski definition) is 0. The molecule has 3 aromatic rings. The molecular formula is C23H26N4O4. The molecule has 0 bridgehead atoms. The highest BCUT2D eigenvalue weighted by atomic mass is 16.5. The van der Waals surface area contributed by atoms with Gasteiger partial charge in [-0.2, -0.15) is 0 Å². The molecule has 1 fully saturated rings. The van der Waals surface area contributed by atoms with Gasteiger partial charge in [0.25, 0.3) is 5.91 Å². The van der Waals surface area contributed by atoms with Crippen molar-refractivity contribution in [2.24, 2.45) is 13.0 Å². The van der Waals surface area contributed by atoms with Crippen molar-refractivity contribution in [3.05, 3.63) is 65.1 Å². The molecule has 31 heavy (non-hydrogen) atoms. The van der Waals surface area contributed by atoms with Crippen LogP contribution in [0.2, 0.25) is 0 Å². The van der Waals surface area contributed by atoms with Crippen LogP contribution in [0, 0.1) is 19.8 Å². The van der Waals surface area contributed by atoms with Gasteiger partial charge in [-0.15, -0.1) is 0 Å². The van der Waals surface area contributed by atoms with Crippen molar-refractivity contribution in [2.45, 2.75) is 33.3 Å². The first-order chi connectivity index (χ1) is 14.9. The van der Waals surface area contributed by atoms with Crippen molar-refractivity contribution in [1.29, 1.82) is 0 Å². The number of carbonyl (C=O) groups excluding carboxylic acids is 2. The van der Waals surface area contributed by atoms with Gasteiger partial charge in [-0.25, -0.2) is 4.98 Å². The molecule has 162 valence electrons. The summed E-state index contributed by atoms with van der Waals surface area (Å²) in [6.07, 6.45) is 4.85. The number of likely N-dealkylation sites (tertiary alicyclic amines) is 1. The van der Waals surface area contributed by atoms with Crippen LogP contribution in [0.1, 0.15) is 50.8 Å². The molecule has 1 aromatic carbocycles. The molecule has 0 saturated carbocycles. The van der Waals surface area contributed by atoms with Crippen LogP contribution in [-0.2, 0) is 13.7 Å². The van der Waals surface area contributed by atoms with Gasteiger partial charge in [0.05, 0.1) is 0 Å². The van der Waals surface area contributed by atoms with Crippen LogP contribution in [-0.4, -0.2) is 44.4 Å². The van der Waals surface area contributed by atoms with E-state index in [9.17, 15) is 9.59 Å². The number of rotatable bonds is 6. The molecule has 8 heteroatoms. The van der Waals surface area contributed by atoms with Gasteiger partial charge in [-0.05, 0) is 37.8 Å². The zero-order valence-electron chi connectivity index (χ0n) is 18.0. The van der Waals surface area contributed by atoms with E-state index in [1.54, 1.807) is 35.0 Å². The highest BCUT2D eigenvalue weighted by Crippen LogP contribution is 2.24. The summed E-state index contributed by atoms with van der Waals surface area (Å²) in [4.78, 5) is 31.6. The number of aryl methyl sites for hydroxylation is 3. The third-order valence-electron chi connectivity index (χ3n) is 5.67. The molecule has 1 aliphatic rings. The van der Waals surface area contributed by atoms with Gasteiger partial charge in [-0.1, -0.05) is 23.4 Å². The Labute approximate surface area is 180 Å². The number of ketones is 1. The molecule has 1 aliphatic heterocycles. The number of imidazole rings is 1. The Morgan fingerprint density at radius 2 is 2.03 bits per heavy atom. The van der Waals surface area contributed by atoms with E-state index in [1.807, 2.05) is 32.0 Å². The Hall–Kier alpha value is -3.42. The van der Waals surface area contributed by atoms with Crippen LogP contribution in [0.25, 0.3) is 0 Å². The van der Waals surface area contributed by atoms with Crippen LogP contribution < -0.4 is 4.74 Å². The molecular weight excluding hydrogens is 396 g/mol. The van der Waals surface area contributed by atoms with Crippen LogP contribution in [0.4, 0.5) is 0 Å². The number of carbonyl (C=O) groups is 2. The Morgan fingerprint density at radius 3 is 2.74 bits per heavy atom. The van der Waals surface area contributed by atoms with Gasteiger partial charge in [0.2, 0.25) is 5.78 Å². The standard InChI is InChI=1S/C23H26N4O4/c1-15-6-4-7-16(2)21(15)30-14-18-12-19(25-31-18)23(29)27-10-5-8-17(13-27)20(28)22-24-9-11-26(22)3/h4,6-7,9,11-12,17H,5,8,10,13-14H2,1-3H3/t17-/m1/s1. The first-order valence-electron chi connectivity index (χ1n) is 10.4. The fraction of sp³-hybridized carbons (Fsp3) is 0.391. The lowest BCUT2D eigenvalue weighted by Gasteiger charge is -2.31. The number of Topliss-reactive ketones (excluding diaryl/α,β-unsaturated/α-hetero) is 1. The van der Waals surface area contributed by atoms with Crippen LogP contribution >= 0.6 is 0 Å². The molecule has 0 radical (unpaired) electrons. The minimum Gasteiger partial charge on any atom is -0.485 e. The highest BCUT2D eigenvalue weighted by Gasteiger charge is 2.32. The molecule has 0 unspecified atom stereocenters. The van der Waals surface area contributed by atoms with E-state index in [4.69, 9.17) is 9.26 Å². The monoisotopic (exact) mass is 422 g/mol. The SMILES string of the molecule is Cc1cccc(C)c1OCc1cc(C(=O)N2CCC[C@@H](C(=O)c3nccn3C)C2)no1. The molecule has 8 nitrogen and oxygen atoms in total. The predicted octanol–water partition coefficient (Wildman–Crippen LogP) is 3.34. The summed E-state index contributed by atoms with van der Waals surface area (Å²) in [5.41, 5.74) is 2.30. The molecule has 3 heterocycles. The number of nitrogens with zero attached hydrogens (tertiary/aromatic N) is 4. The van der Waals surface area contributed by atoms with Crippen molar-refractivity contribution < 1.29 is 18.8 Å². The summed E-state index contributed by atoms with van der Waals surface area (Å²) in [6, 6.07) is 7.56. The fourth-order valence-electron chi connectivity index (χ4n) is 3.98. The first kappa shape index (κ1) is 20.8. The van der Waals surface area contributed by atoms with Crippen molar-refractivity contribution in [3.63, 3.8) is 0 Å².